The van der Waals surface area contributed by atoms with E-state index in [0.717, 1.165) is 0 Å². The first-order valence-corrected chi connectivity index (χ1v) is 12.5. The third-order valence-corrected chi connectivity index (χ3v) is 6.82. The molecule has 0 spiro atoms. The number of hydrogen-bond acceptors (Lipinski definition) is 7. The van der Waals surface area contributed by atoms with Crippen molar-refractivity contribution < 1.29 is 18.7 Å². The zero-order valence-electron chi connectivity index (χ0n) is 21.3. The molecular weight excluding hydrogens is 534 g/mol. The Bertz CT molecular complexity index is 1410. The van der Waals surface area contributed by atoms with Crippen LogP contribution in [-0.2, 0) is 10.3 Å². The van der Waals surface area contributed by atoms with Crippen LogP contribution in [-0.4, -0.2) is 44.4 Å². The number of hydrogen-bond donors (Lipinski definition) is 1. The number of benzene rings is 1. The summed E-state index contributed by atoms with van der Waals surface area (Å²) in [5, 5.41) is 14.1. The van der Waals surface area contributed by atoms with Crippen LogP contribution in [0.4, 0.5) is 15.0 Å². The van der Waals surface area contributed by atoms with E-state index in [1.165, 1.54) is 12.1 Å². The van der Waals surface area contributed by atoms with Crippen LogP contribution in [0.25, 0.3) is 11.1 Å². The van der Waals surface area contributed by atoms with Crippen molar-refractivity contribution in [3.8, 4) is 22.9 Å². The summed E-state index contributed by atoms with van der Waals surface area (Å²) in [4.78, 5) is 18.2. The van der Waals surface area contributed by atoms with Gasteiger partial charge in [0.1, 0.15) is 23.1 Å². The number of halogens is 3. The summed E-state index contributed by atoms with van der Waals surface area (Å²) in [5.41, 5.74) is 6.40. The summed E-state index contributed by atoms with van der Waals surface area (Å²) in [7, 11) is 0. The summed E-state index contributed by atoms with van der Waals surface area (Å²) in [6, 6.07) is 6.47. The van der Waals surface area contributed by atoms with Crippen LogP contribution in [0.3, 0.4) is 0 Å². The van der Waals surface area contributed by atoms with E-state index in [1.54, 1.807) is 61.9 Å². The molecule has 9 nitrogen and oxygen atoms in total. The summed E-state index contributed by atoms with van der Waals surface area (Å²) in [5.74, 6) is -0.225. The molecule has 1 aromatic carbocycles. The summed E-state index contributed by atoms with van der Waals surface area (Å²) in [6.45, 7) is 7.65. The molecule has 200 valence electrons. The Morgan fingerprint density at radius 1 is 1.29 bits per heavy atom. The molecule has 1 atom stereocenters. The average Bonchev–Trinajstić information content (AvgIpc) is 3.29. The lowest BCUT2D eigenvalue weighted by Gasteiger charge is -2.48. The predicted octanol–water partition coefficient (Wildman–Crippen LogP) is 5.97. The van der Waals surface area contributed by atoms with Crippen LogP contribution >= 0.6 is 23.2 Å². The van der Waals surface area contributed by atoms with E-state index in [1.807, 2.05) is 0 Å². The smallest absolute Gasteiger partial charge is 0.410 e. The molecular formula is C26H27Cl2FN6O3. The number of nitriles is 1. The van der Waals surface area contributed by atoms with Gasteiger partial charge in [-0.15, -0.1) is 0 Å². The zero-order chi connectivity index (χ0) is 27.8. The molecule has 0 aliphatic carbocycles. The van der Waals surface area contributed by atoms with E-state index in [-0.39, 0.29) is 41.1 Å². The Hall–Kier alpha value is -3.55. The van der Waals surface area contributed by atoms with Crippen LogP contribution in [0.15, 0.2) is 36.8 Å². The Morgan fingerprint density at radius 2 is 2.00 bits per heavy atom. The van der Waals surface area contributed by atoms with Crippen LogP contribution in [0.2, 0.25) is 10.0 Å². The number of nitrogens with two attached hydrogens (primary N) is 1. The first-order chi connectivity index (χ1) is 17.8. The van der Waals surface area contributed by atoms with Crippen molar-refractivity contribution in [2.45, 2.75) is 51.4 Å². The van der Waals surface area contributed by atoms with Crippen molar-refractivity contribution in [3.63, 3.8) is 0 Å². The standard InChI is InChI=1S/C26H27Cl2FN6O3/c1-15(21-18(27)5-6-19(29)22(21)28)37-20-9-16(10-32-23(20)31)17-11-33-35(12-17)26(7-8-30)13-34(14-26)24(36)38-25(2,3)4/h5-6,9-12,15H,7,13-14H2,1-4H3,(H2,31,32). The summed E-state index contributed by atoms with van der Waals surface area (Å²) in [6.07, 6.45) is 3.99. The minimum atomic E-state index is -0.722. The van der Waals surface area contributed by atoms with Crippen molar-refractivity contribution in [1.29, 1.82) is 5.26 Å². The molecule has 12 heteroatoms. The lowest BCUT2D eigenvalue weighted by molar-refractivity contribution is -0.0314. The van der Waals surface area contributed by atoms with E-state index in [0.29, 0.717) is 16.7 Å². The lowest BCUT2D eigenvalue weighted by Crippen LogP contribution is -2.64. The van der Waals surface area contributed by atoms with Gasteiger partial charge >= 0.3 is 6.09 Å². The second kappa shape index (κ2) is 10.3. The van der Waals surface area contributed by atoms with Gasteiger partial charge in [0, 0.05) is 34.1 Å². The number of anilines is 1. The van der Waals surface area contributed by atoms with Crippen molar-refractivity contribution in [2.24, 2.45) is 0 Å². The fourth-order valence-corrected chi connectivity index (χ4v) is 4.89. The largest absolute Gasteiger partial charge is 0.482 e. The highest BCUT2D eigenvalue weighted by molar-refractivity contribution is 6.36. The van der Waals surface area contributed by atoms with Gasteiger partial charge in [0.2, 0.25) is 0 Å². The SMILES string of the molecule is CC(Oc1cc(-c2cnn(C3(CC#N)CN(C(=O)OC(C)(C)C)C3)c2)cnc1N)c1c(Cl)ccc(F)c1Cl. The number of likely N-dealkylation sites (tertiary alicyclic amines) is 1. The number of pyridine rings is 1. The second-order valence-electron chi connectivity index (χ2n) is 10.2. The maximum absolute atomic E-state index is 14.0. The van der Waals surface area contributed by atoms with Gasteiger partial charge in [0.15, 0.2) is 11.6 Å². The molecule has 1 aliphatic rings. The molecule has 1 amide bonds. The number of amides is 1. The van der Waals surface area contributed by atoms with Gasteiger partial charge in [-0.1, -0.05) is 23.2 Å². The molecule has 1 saturated heterocycles. The van der Waals surface area contributed by atoms with Gasteiger partial charge in [-0.05, 0) is 45.9 Å². The van der Waals surface area contributed by atoms with Crippen LogP contribution in [0.5, 0.6) is 5.75 Å². The maximum Gasteiger partial charge on any atom is 0.410 e. The van der Waals surface area contributed by atoms with Crippen LogP contribution in [0, 0.1) is 17.1 Å². The fraction of sp³-hybridized carbons (Fsp3) is 0.385. The third kappa shape index (κ3) is 5.49. The van der Waals surface area contributed by atoms with Gasteiger partial charge in [0.05, 0.1) is 36.8 Å². The van der Waals surface area contributed by atoms with Crippen LogP contribution in [0.1, 0.15) is 45.8 Å². The molecule has 0 radical (unpaired) electrons. The molecule has 38 heavy (non-hydrogen) atoms. The maximum atomic E-state index is 14.0. The van der Waals surface area contributed by atoms with E-state index in [9.17, 15) is 14.4 Å². The van der Waals surface area contributed by atoms with E-state index in [2.05, 4.69) is 16.2 Å². The molecule has 2 aromatic heterocycles. The van der Waals surface area contributed by atoms with Crippen molar-refractivity contribution >= 4 is 35.1 Å². The quantitative estimate of drug-likeness (QED) is 0.368. The van der Waals surface area contributed by atoms with Crippen molar-refractivity contribution in [3.05, 3.63) is 58.2 Å². The number of ether oxygens (including phenoxy) is 2. The Kier molecular flexibility index (Phi) is 7.46. The average molecular weight is 561 g/mol. The van der Waals surface area contributed by atoms with E-state index < -0.39 is 29.2 Å². The molecule has 1 fully saturated rings. The van der Waals surface area contributed by atoms with Gasteiger partial charge in [-0.2, -0.15) is 10.4 Å². The molecule has 1 aliphatic heterocycles. The van der Waals surface area contributed by atoms with Gasteiger partial charge in [-0.3, -0.25) is 4.68 Å². The Labute approximate surface area is 229 Å². The lowest BCUT2D eigenvalue weighted by atomic mass is 9.87. The molecule has 1 unspecified atom stereocenters. The topological polar surface area (TPSA) is 119 Å². The van der Waals surface area contributed by atoms with Crippen molar-refractivity contribution in [2.75, 3.05) is 18.8 Å². The molecule has 0 saturated carbocycles. The highest BCUT2D eigenvalue weighted by Crippen LogP contribution is 2.38. The summed E-state index contributed by atoms with van der Waals surface area (Å²) < 4.78 is 27.1. The van der Waals surface area contributed by atoms with E-state index >= 15 is 0 Å². The molecule has 0 bridgehead atoms. The molecule has 2 N–H and O–H groups in total. The molecule has 4 rings (SSSR count). The normalized spacial score (nSPS) is 15.4. The number of rotatable bonds is 6. The highest BCUT2D eigenvalue weighted by Gasteiger charge is 2.48. The molecule has 3 aromatic rings. The number of nitrogen functional groups attached to an aromatic ring is 1. The first-order valence-electron chi connectivity index (χ1n) is 11.8. The van der Waals surface area contributed by atoms with E-state index in [4.69, 9.17) is 38.4 Å². The Balaban J connectivity index is 1.55. The number of carbonyl (C=O) groups excluding carboxylic acids is 1. The van der Waals surface area contributed by atoms with Crippen molar-refractivity contribution in [1.82, 2.24) is 19.7 Å². The summed E-state index contributed by atoms with van der Waals surface area (Å²) >= 11 is 12.4. The van der Waals surface area contributed by atoms with Crippen LogP contribution < -0.4 is 10.5 Å². The minimum absolute atomic E-state index is 0.127. The zero-order valence-corrected chi connectivity index (χ0v) is 22.8. The van der Waals surface area contributed by atoms with Gasteiger partial charge < -0.3 is 20.1 Å². The van der Waals surface area contributed by atoms with Gasteiger partial charge in [-0.25, -0.2) is 14.2 Å². The second-order valence-corrected chi connectivity index (χ2v) is 11.0. The number of aromatic nitrogens is 3. The number of carbonyl (C=O) groups is 1. The van der Waals surface area contributed by atoms with Gasteiger partial charge in [0.25, 0.3) is 0 Å². The monoisotopic (exact) mass is 560 g/mol. The molecule has 3 heterocycles. The fourth-order valence-electron chi connectivity index (χ4n) is 4.21. The predicted molar refractivity (Wildman–Crippen MR) is 141 cm³/mol. The minimum Gasteiger partial charge on any atom is -0.482 e. The first kappa shape index (κ1) is 27.5. The Morgan fingerprint density at radius 3 is 2.66 bits per heavy atom. The highest BCUT2D eigenvalue weighted by atomic mass is 35.5. The third-order valence-electron chi connectivity index (χ3n) is 6.10. The number of nitrogens with zero attached hydrogens (tertiary/aromatic N) is 5.